The molecule has 2 aromatic rings. The van der Waals surface area contributed by atoms with E-state index >= 15 is 0 Å². The highest BCUT2D eigenvalue weighted by molar-refractivity contribution is 5.68. The molecule has 0 fully saturated rings. The second kappa shape index (κ2) is 5.11. The van der Waals surface area contributed by atoms with Crippen molar-refractivity contribution in [3.8, 4) is 11.3 Å². The lowest BCUT2D eigenvalue weighted by Crippen LogP contribution is -2.05. The first-order valence-corrected chi connectivity index (χ1v) is 6.03. The van der Waals surface area contributed by atoms with E-state index in [1.165, 1.54) is 12.1 Å². The summed E-state index contributed by atoms with van der Waals surface area (Å²) < 4.78 is 37.6. The maximum absolute atomic E-state index is 12.5. The number of rotatable bonds is 2. The Morgan fingerprint density at radius 2 is 1.60 bits per heavy atom. The minimum absolute atomic E-state index is 0.565. The van der Waals surface area contributed by atoms with Crippen molar-refractivity contribution < 1.29 is 13.2 Å². The lowest BCUT2D eigenvalue weighted by atomic mass is 10.0. The maximum Gasteiger partial charge on any atom is 0.416 e. The predicted octanol–water partition coefficient (Wildman–Crippen LogP) is 3.82. The topological polar surface area (TPSA) is 37.8 Å². The van der Waals surface area contributed by atoms with Gasteiger partial charge in [0.25, 0.3) is 0 Å². The molecule has 20 heavy (non-hydrogen) atoms. The Balaban J connectivity index is 2.49. The number of nitrogens with zero attached hydrogens (tertiary/aromatic N) is 2. The third kappa shape index (κ3) is 2.74. The van der Waals surface area contributed by atoms with Crippen LogP contribution in [-0.4, -0.2) is 17.0 Å². The van der Waals surface area contributed by atoms with Gasteiger partial charge in [-0.05, 0) is 26.0 Å². The molecule has 0 saturated carbocycles. The summed E-state index contributed by atoms with van der Waals surface area (Å²) in [5.74, 6) is 1.24. The van der Waals surface area contributed by atoms with Crippen molar-refractivity contribution in [3.63, 3.8) is 0 Å². The number of benzene rings is 1. The number of anilines is 1. The molecule has 0 aliphatic rings. The molecule has 2 rings (SSSR count). The van der Waals surface area contributed by atoms with Crippen molar-refractivity contribution in [1.82, 2.24) is 9.97 Å². The summed E-state index contributed by atoms with van der Waals surface area (Å²) >= 11 is 0. The molecule has 6 heteroatoms. The number of hydrogen-bond acceptors (Lipinski definition) is 3. The first-order chi connectivity index (χ1) is 9.32. The number of alkyl halides is 3. The highest BCUT2D eigenvalue weighted by atomic mass is 19.4. The summed E-state index contributed by atoms with van der Waals surface area (Å²) in [6.07, 6.45) is -4.33. The van der Waals surface area contributed by atoms with Crippen molar-refractivity contribution in [2.45, 2.75) is 20.0 Å². The number of nitrogens with one attached hydrogen (secondary N) is 1. The lowest BCUT2D eigenvalue weighted by molar-refractivity contribution is -0.137. The molecule has 1 aromatic heterocycles. The van der Waals surface area contributed by atoms with Crippen molar-refractivity contribution in [2.75, 3.05) is 12.4 Å². The van der Waals surface area contributed by atoms with E-state index < -0.39 is 11.7 Å². The van der Waals surface area contributed by atoms with Crippen LogP contribution in [0.1, 0.15) is 17.0 Å². The van der Waals surface area contributed by atoms with E-state index in [0.717, 1.165) is 17.7 Å². The van der Waals surface area contributed by atoms with Gasteiger partial charge in [-0.25, -0.2) is 9.97 Å². The largest absolute Gasteiger partial charge is 0.416 e. The highest BCUT2D eigenvalue weighted by Gasteiger charge is 2.30. The van der Waals surface area contributed by atoms with E-state index in [9.17, 15) is 13.2 Å². The summed E-state index contributed by atoms with van der Waals surface area (Å²) in [6, 6.07) is 4.98. The monoisotopic (exact) mass is 281 g/mol. The second-order valence-electron chi connectivity index (χ2n) is 4.42. The molecule has 0 bridgehead atoms. The lowest BCUT2D eigenvalue weighted by Gasteiger charge is -2.12. The van der Waals surface area contributed by atoms with Crippen LogP contribution in [0.2, 0.25) is 0 Å². The van der Waals surface area contributed by atoms with Gasteiger partial charge in [-0.15, -0.1) is 0 Å². The van der Waals surface area contributed by atoms with Crippen LogP contribution in [0.15, 0.2) is 24.3 Å². The van der Waals surface area contributed by atoms with Gasteiger partial charge in [-0.2, -0.15) is 13.2 Å². The van der Waals surface area contributed by atoms with Crippen LogP contribution in [0, 0.1) is 13.8 Å². The molecule has 0 radical (unpaired) electrons. The zero-order valence-electron chi connectivity index (χ0n) is 11.3. The van der Waals surface area contributed by atoms with Crippen molar-refractivity contribution >= 4 is 5.82 Å². The quantitative estimate of drug-likeness (QED) is 0.909. The first-order valence-electron chi connectivity index (χ1n) is 6.03. The van der Waals surface area contributed by atoms with E-state index in [4.69, 9.17) is 0 Å². The fourth-order valence-corrected chi connectivity index (χ4v) is 1.97. The van der Waals surface area contributed by atoms with Crippen LogP contribution in [-0.2, 0) is 6.18 Å². The molecule has 3 nitrogen and oxygen atoms in total. The standard InChI is InChI=1S/C14H14F3N3/c1-8-12(19-9(2)20-13(8)18-3)10-4-6-11(7-5-10)14(15,16)17/h4-7H,1-3H3,(H,18,19,20). The number of aryl methyl sites for hydroxylation is 1. The van der Waals surface area contributed by atoms with E-state index in [2.05, 4.69) is 15.3 Å². The van der Waals surface area contributed by atoms with Crippen LogP contribution in [0.3, 0.4) is 0 Å². The van der Waals surface area contributed by atoms with Gasteiger partial charge in [0.2, 0.25) is 0 Å². The average molecular weight is 281 g/mol. The van der Waals surface area contributed by atoms with E-state index in [1.807, 2.05) is 6.92 Å². The molecular formula is C14H14F3N3. The molecule has 1 heterocycles. The third-order valence-electron chi connectivity index (χ3n) is 2.98. The van der Waals surface area contributed by atoms with Crippen molar-refractivity contribution in [1.29, 1.82) is 0 Å². The third-order valence-corrected chi connectivity index (χ3v) is 2.98. The fourth-order valence-electron chi connectivity index (χ4n) is 1.97. The molecule has 0 aliphatic heterocycles. The zero-order valence-corrected chi connectivity index (χ0v) is 11.3. The Morgan fingerprint density at radius 1 is 1.00 bits per heavy atom. The minimum Gasteiger partial charge on any atom is -0.373 e. The van der Waals surface area contributed by atoms with Crippen molar-refractivity contribution in [3.05, 3.63) is 41.2 Å². The van der Waals surface area contributed by atoms with Gasteiger partial charge >= 0.3 is 6.18 Å². The van der Waals surface area contributed by atoms with E-state index in [-0.39, 0.29) is 0 Å². The number of halogens is 3. The Morgan fingerprint density at radius 3 is 2.10 bits per heavy atom. The van der Waals surface area contributed by atoms with Gasteiger partial charge in [-0.3, -0.25) is 0 Å². The summed E-state index contributed by atoms with van der Waals surface area (Å²) in [7, 11) is 1.74. The Bertz CT molecular complexity index is 619. The predicted molar refractivity (Wildman–Crippen MR) is 71.5 cm³/mol. The van der Waals surface area contributed by atoms with Crippen LogP contribution >= 0.6 is 0 Å². The molecule has 0 aliphatic carbocycles. The molecule has 1 aromatic carbocycles. The minimum atomic E-state index is -4.33. The summed E-state index contributed by atoms with van der Waals surface area (Å²) in [5, 5.41) is 2.95. The smallest absolute Gasteiger partial charge is 0.373 e. The van der Waals surface area contributed by atoms with Crippen LogP contribution in [0.5, 0.6) is 0 Å². The Hall–Kier alpha value is -2.11. The van der Waals surface area contributed by atoms with E-state index in [0.29, 0.717) is 22.9 Å². The molecular weight excluding hydrogens is 267 g/mol. The average Bonchev–Trinajstić information content (AvgIpc) is 2.40. The van der Waals surface area contributed by atoms with Gasteiger partial charge in [0.05, 0.1) is 11.3 Å². The SMILES string of the molecule is CNc1nc(C)nc(-c2ccc(C(F)(F)F)cc2)c1C. The van der Waals surface area contributed by atoms with Crippen LogP contribution in [0.4, 0.5) is 19.0 Å². The Kier molecular flexibility index (Phi) is 3.65. The zero-order chi connectivity index (χ0) is 14.9. The van der Waals surface area contributed by atoms with Gasteiger partial charge < -0.3 is 5.32 Å². The van der Waals surface area contributed by atoms with Gasteiger partial charge in [0.1, 0.15) is 11.6 Å². The molecule has 0 unspecified atom stereocenters. The molecule has 0 amide bonds. The molecule has 0 spiro atoms. The highest BCUT2D eigenvalue weighted by Crippen LogP contribution is 2.32. The summed E-state index contributed by atoms with van der Waals surface area (Å²) in [5.41, 5.74) is 1.41. The van der Waals surface area contributed by atoms with E-state index in [1.54, 1.807) is 14.0 Å². The van der Waals surface area contributed by atoms with Gasteiger partial charge in [0, 0.05) is 18.2 Å². The summed E-state index contributed by atoms with van der Waals surface area (Å²) in [6.45, 7) is 3.58. The molecule has 106 valence electrons. The normalized spacial score (nSPS) is 11.5. The van der Waals surface area contributed by atoms with Crippen LogP contribution < -0.4 is 5.32 Å². The number of aromatic nitrogens is 2. The van der Waals surface area contributed by atoms with Gasteiger partial charge in [-0.1, -0.05) is 12.1 Å². The van der Waals surface area contributed by atoms with Crippen molar-refractivity contribution in [2.24, 2.45) is 0 Å². The summed E-state index contributed by atoms with van der Waals surface area (Å²) in [4.78, 5) is 8.54. The molecule has 1 N–H and O–H groups in total. The fraction of sp³-hybridized carbons (Fsp3) is 0.286. The molecule has 0 saturated heterocycles. The Labute approximate surface area is 114 Å². The maximum atomic E-state index is 12.5. The van der Waals surface area contributed by atoms with Gasteiger partial charge in [0.15, 0.2) is 0 Å². The number of hydrogen-bond donors (Lipinski definition) is 1. The first kappa shape index (κ1) is 14.3. The molecule has 0 atom stereocenters. The van der Waals surface area contributed by atoms with Crippen LogP contribution in [0.25, 0.3) is 11.3 Å². The second-order valence-corrected chi connectivity index (χ2v) is 4.42.